The van der Waals surface area contributed by atoms with Crippen LogP contribution < -0.4 is 0 Å². The summed E-state index contributed by atoms with van der Waals surface area (Å²) < 4.78 is 40.2. The first kappa shape index (κ1) is 22.4. The Balaban J connectivity index is 1.38. The molecular weight excluding hydrogens is 369 g/mol. The maximum absolute atomic E-state index is 13.5. The summed E-state index contributed by atoms with van der Waals surface area (Å²) in [4.78, 5) is 0. The Morgan fingerprint density at radius 3 is 1.86 bits per heavy atom. The van der Waals surface area contributed by atoms with Crippen molar-refractivity contribution in [3.05, 3.63) is 47.3 Å². The quantitative estimate of drug-likeness (QED) is 0.230. The van der Waals surface area contributed by atoms with Crippen LogP contribution in [0.15, 0.2) is 24.3 Å². The molecule has 0 aromatic heterocycles. The van der Waals surface area contributed by atoms with Crippen LogP contribution in [0.5, 0.6) is 0 Å². The third kappa shape index (κ3) is 6.62. The summed E-state index contributed by atoms with van der Waals surface area (Å²) >= 11 is 0. The van der Waals surface area contributed by atoms with Gasteiger partial charge in [0.05, 0.1) is 0 Å². The van der Waals surface area contributed by atoms with Crippen molar-refractivity contribution in [3.63, 3.8) is 0 Å². The molecule has 3 rings (SSSR count). The highest BCUT2D eigenvalue weighted by atomic mass is 19.2. The summed E-state index contributed by atoms with van der Waals surface area (Å²) in [6, 6.07) is 2.36. The van der Waals surface area contributed by atoms with E-state index in [1.54, 1.807) is 0 Å². The van der Waals surface area contributed by atoms with Crippen LogP contribution in [0.3, 0.4) is 0 Å². The molecule has 162 valence electrons. The minimum atomic E-state index is -1.36. The van der Waals surface area contributed by atoms with Crippen molar-refractivity contribution < 1.29 is 13.2 Å². The van der Waals surface area contributed by atoms with Gasteiger partial charge in [0.15, 0.2) is 17.5 Å². The molecule has 29 heavy (non-hydrogen) atoms. The molecule has 3 heteroatoms. The van der Waals surface area contributed by atoms with E-state index < -0.39 is 17.5 Å². The molecule has 0 heterocycles. The summed E-state index contributed by atoms with van der Waals surface area (Å²) in [5, 5.41) is 0. The highest BCUT2D eigenvalue weighted by Crippen LogP contribution is 2.38. The summed E-state index contributed by atoms with van der Waals surface area (Å²) in [6.07, 6.45) is 21.2. The van der Waals surface area contributed by atoms with E-state index in [1.165, 1.54) is 69.9 Å². The molecule has 0 unspecified atom stereocenters. The predicted molar refractivity (Wildman–Crippen MR) is 114 cm³/mol. The number of rotatable bonds is 8. The lowest BCUT2D eigenvalue weighted by Crippen LogP contribution is -2.15. The molecule has 0 nitrogen and oxygen atoms in total. The zero-order valence-electron chi connectivity index (χ0n) is 17.9. The number of unbranched alkanes of at least 4 members (excludes halogenated alkanes) is 3. The highest BCUT2D eigenvalue weighted by Gasteiger charge is 2.24. The fourth-order valence-electron chi connectivity index (χ4n) is 5.30. The van der Waals surface area contributed by atoms with Gasteiger partial charge >= 0.3 is 0 Å². The van der Waals surface area contributed by atoms with Gasteiger partial charge in [0.25, 0.3) is 0 Å². The van der Waals surface area contributed by atoms with Gasteiger partial charge in [-0.25, -0.2) is 13.2 Å². The topological polar surface area (TPSA) is 0 Å². The molecule has 0 amide bonds. The molecule has 1 aromatic carbocycles. The highest BCUT2D eigenvalue weighted by molar-refractivity contribution is 5.23. The molecule has 2 aliphatic carbocycles. The van der Waals surface area contributed by atoms with E-state index in [1.807, 2.05) is 0 Å². The Kier molecular flexibility index (Phi) is 8.68. The standard InChI is InChI=1S/C26H37F3/c1-2-3-4-5-6-19-7-9-20(10-8-19)11-12-21-13-15-22(16-14-21)23-17-24(27)26(29)25(28)18-23/h11-12,17-22H,2-10,13-16H2,1H3/b12-11+. The van der Waals surface area contributed by atoms with Crippen molar-refractivity contribution in [2.24, 2.45) is 17.8 Å². The van der Waals surface area contributed by atoms with E-state index in [0.717, 1.165) is 37.5 Å². The fraction of sp³-hybridized carbons (Fsp3) is 0.692. The number of hydrogen-bond acceptors (Lipinski definition) is 0. The van der Waals surface area contributed by atoms with Crippen LogP contribution in [0.4, 0.5) is 13.2 Å². The van der Waals surface area contributed by atoms with E-state index in [4.69, 9.17) is 0 Å². The average Bonchev–Trinajstić information content (AvgIpc) is 2.74. The SMILES string of the molecule is CCCCCCC1CCC(/C=C/C2CCC(c3cc(F)c(F)c(F)c3)CC2)CC1. The normalized spacial score (nSPS) is 28.1. The molecule has 2 fully saturated rings. The fourth-order valence-corrected chi connectivity index (χ4v) is 5.30. The molecule has 0 radical (unpaired) electrons. The first-order valence-electron chi connectivity index (χ1n) is 11.9. The molecular formula is C26H37F3. The van der Waals surface area contributed by atoms with Gasteiger partial charge in [-0.1, -0.05) is 51.2 Å². The number of hydrogen-bond donors (Lipinski definition) is 0. The van der Waals surface area contributed by atoms with Crippen LogP contribution in [0.1, 0.15) is 102 Å². The lowest BCUT2D eigenvalue weighted by molar-refractivity contribution is 0.287. The molecule has 0 N–H and O–H groups in total. The van der Waals surface area contributed by atoms with Crippen LogP contribution in [0.2, 0.25) is 0 Å². The minimum Gasteiger partial charge on any atom is -0.204 e. The van der Waals surface area contributed by atoms with Crippen LogP contribution in [0, 0.1) is 35.2 Å². The average molecular weight is 407 g/mol. The molecule has 2 aliphatic rings. The van der Waals surface area contributed by atoms with Crippen molar-refractivity contribution in [3.8, 4) is 0 Å². The summed E-state index contributed by atoms with van der Waals surface area (Å²) in [5.41, 5.74) is 0.612. The van der Waals surface area contributed by atoms with Crippen molar-refractivity contribution in [1.82, 2.24) is 0 Å². The van der Waals surface area contributed by atoms with E-state index in [-0.39, 0.29) is 5.92 Å². The first-order valence-corrected chi connectivity index (χ1v) is 11.9. The third-order valence-corrected chi connectivity index (χ3v) is 7.26. The molecule has 0 atom stereocenters. The zero-order valence-corrected chi connectivity index (χ0v) is 17.9. The largest absolute Gasteiger partial charge is 0.204 e. The van der Waals surface area contributed by atoms with Gasteiger partial charge in [0.2, 0.25) is 0 Å². The molecule has 1 aromatic rings. The number of allylic oxidation sites excluding steroid dienone is 2. The number of benzene rings is 1. The Morgan fingerprint density at radius 1 is 0.759 bits per heavy atom. The smallest absolute Gasteiger partial charge is 0.194 e. The number of halogens is 3. The van der Waals surface area contributed by atoms with Crippen LogP contribution in [-0.4, -0.2) is 0 Å². The van der Waals surface area contributed by atoms with E-state index in [9.17, 15) is 13.2 Å². The maximum atomic E-state index is 13.5. The van der Waals surface area contributed by atoms with E-state index in [2.05, 4.69) is 19.1 Å². The molecule has 0 aliphatic heterocycles. The monoisotopic (exact) mass is 406 g/mol. The van der Waals surface area contributed by atoms with E-state index in [0.29, 0.717) is 11.5 Å². The predicted octanol–water partition coefficient (Wildman–Crippen LogP) is 8.71. The molecule has 0 spiro atoms. The van der Waals surface area contributed by atoms with Gasteiger partial charge in [-0.15, -0.1) is 0 Å². The van der Waals surface area contributed by atoms with Gasteiger partial charge < -0.3 is 0 Å². The molecule has 2 saturated carbocycles. The maximum Gasteiger partial charge on any atom is 0.194 e. The third-order valence-electron chi connectivity index (χ3n) is 7.26. The van der Waals surface area contributed by atoms with Crippen LogP contribution >= 0.6 is 0 Å². The van der Waals surface area contributed by atoms with Crippen molar-refractivity contribution >= 4 is 0 Å². The second-order valence-corrected chi connectivity index (χ2v) is 9.43. The lowest BCUT2D eigenvalue weighted by Gasteiger charge is -2.29. The summed E-state index contributed by atoms with van der Waals surface area (Å²) in [7, 11) is 0. The van der Waals surface area contributed by atoms with Crippen molar-refractivity contribution in [1.29, 1.82) is 0 Å². The zero-order chi connectivity index (χ0) is 20.6. The summed E-state index contributed by atoms with van der Waals surface area (Å²) in [5.74, 6) is -1.09. The first-order chi connectivity index (χ1) is 14.1. The van der Waals surface area contributed by atoms with Gasteiger partial charge in [0, 0.05) is 0 Å². The second-order valence-electron chi connectivity index (χ2n) is 9.43. The Bertz CT molecular complexity index is 627. The Hall–Kier alpha value is -1.25. The van der Waals surface area contributed by atoms with E-state index >= 15 is 0 Å². The van der Waals surface area contributed by atoms with Gasteiger partial charge in [-0.3, -0.25) is 0 Å². The van der Waals surface area contributed by atoms with Crippen LogP contribution in [-0.2, 0) is 0 Å². The van der Waals surface area contributed by atoms with Crippen LogP contribution in [0.25, 0.3) is 0 Å². The Morgan fingerprint density at radius 2 is 1.31 bits per heavy atom. The second kappa shape index (κ2) is 11.2. The Labute approximate surface area is 175 Å². The molecule has 0 bridgehead atoms. The van der Waals surface area contributed by atoms with Gasteiger partial charge in [0.1, 0.15) is 0 Å². The summed E-state index contributed by atoms with van der Waals surface area (Å²) in [6.45, 7) is 2.27. The van der Waals surface area contributed by atoms with Crippen molar-refractivity contribution in [2.45, 2.75) is 96.3 Å². The lowest BCUT2D eigenvalue weighted by atomic mass is 9.76. The van der Waals surface area contributed by atoms with Gasteiger partial charge in [-0.05, 0) is 92.7 Å². The molecule has 0 saturated heterocycles. The van der Waals surface area contributed by atoms with Gasteiger partial charge in [-0.2, -0.15) is 0 Å². The minimum absolute atomic E-state index is 0.146. The van der Waals surface area contributed by atoms with Crippen molar-refractivity contribution in [2.75, 3.05) is 0 Å².